The summed E-state index contributed by atoms with van der Waals surface area (Å²) in [6.45, 7) is 7.55. The van der Waals surface area contributed by atoms with Crippen LogP contribution in [0.3, 0.4) is 0 Å². The molecule has 1 aromatic rings. The van der Waals surface area contributed by atoms with Crippen LogP contribution in [-0.4, -0.2) is 55.4 Å². The van der Waals surface area contributed by atoms with Gasteiger partial charge in [0.2, 0.25) is 0 Å². The van der Waals surface area contributed by atoms with Gasteiger partial charge in [-0.2, -0.15) is 5.26 Å². The van der Waals surface area contributed by atoms with E-state index in [0.717, 1.165) is 0 Å². The molecule has 8 heteroatoms. The number of carbonyl (C=O) groups excluding carboxylic acids is 1. The van der Waals surface area contributed by atoms with Crippen molar-refractivity contribution >= 4 is 11.8 Å². The fraction of sp³-hybridized carbons (Fsp3) is 0.579. The zero-order chi connectivity index (χ0) is 19.8. The number of halogens is 1. The van der Waals surface area contributed by atoms with Gasteiger partial charge in [0.1, 0.15) is 35.4 Å². The maximum absolute atomic E-state index is 14.6. The second-order valence-corrected chi connectivity index (χ2v) is 7.90. The van der Waals surface area contributed by atoms with Gasteiger partial charge in [0.25, 0.3) is 0 Å². The van der Waals surface area contributed by atoms with Crippen molar-refractivity contribution in [3.8, 4) is 11.8 Å². The van der Waals surface area contributed by atoms with Gasteiger partial charge in [-0.15, -0.1) is 0 Å². The molecule has 0 unspecified atom stereocenters. The third-order valence-corrected chi connectivity index (χ3v) is 4.60. The van der Waals surface area contributed by atoms with Crippen LogP contribution < -0.4 is 15.4 Å². The summed E-state index contributed by atoms with van der Waals surface area (Å²) in [4.78, 5) is 15.7. The quantitative estimate of drug-likeness (QED) is 0.806. The predicted molar refractivity (Wildman–Crippen MR) is 98.3 cm³/mol. The number of carbonyl (C=O) groups is 1. The Kier molecular flexibility index (Phi) is 5.16. The lowest BCUT2D eigenvalue weighted by atomic mass is 9.97. The largest absolute Gasteiger partial charge is 0.490 e. The highest BCUT2D eigenvalue weighted by Crippen LogP contribution is 2.37. The molecule has 0 aliphatic carbocycles. The maximum atomic E-state index is 14.6. The Labute approximate surface area is 158 Å². The molecular weight excluding hydrogens is 351 g/mol. The van der Waals surface area contributed by atoms with Gasteiger partial charge in [0.15, 0.2) is 0 Å². The Hall–Kier alpha value is -2.53. The van der Waals surface area contributed by atoms with Crippen molar-refractivity contribution in [1.82, 2.24) is 4.90 Å². The Morgan fingerprint density at radius 2 is 2.04 bits per heavy atom. The van der Waals surface area contributed by atoms with Crippen molar-refractivity contribution in [1.29, 1.82) is 5.26 Å². The van der Waals surface area contributed by atoms with E-state index in [4.69, 9.17) is 15.2 Å². The molecule has 27 heavy (non-hydrogen) atoms. The predicted octanol–water partition coefficient (Wildman–Crippen LogP) is 2.02. The van der Waals surface area contributed by atoms with Crippen LogP contribution in [0.25, 0.3) is 0 Å². The monoisotopic (exact) mass is 376 g/mol. The summed E-state index contributed by atoms with van der Waals surface area (Å²) in [5, 5.41) is 9.63. The van der Waals surface area contributed by atoms with Gasteiger partial charge in [-0.1, -0.05) is 0 Å². The number of nitriles is 1. The smallest absolute Gasteiger partial charge is 0.410 e. The van der Waals surface area contributed by atoms with Gasteiger partial charge < -0.3 is 25.0 Å². The molecule has 0 bridgehead atoms. The first-order chi connectivity index (χ1) is 12.7. The molecule has 0 spiro atoms. The summed E-state index contributed by atoms with van der Waals surface area (Å²) in [5.41, 5.74) is 6.47. The van der Waals surface area contributed by atoms with Crippen LogP contribution in [0.15, 0.2) is 6.07 Å². The first kappa shape index (κ1) is 19.2. The van der Waals surface area contributed by atoms with Gasteiger partial charge in [0.05, 0.1) is 5.69 Å². The minimum atomic E-state index is -0.554. The van der Waals surface area contributed by atoms with Crippen LogP contribution in [-0.2, 0) is 11.2 Å². The van der Waals surface area contributed by atoms with Crippen LogP contribution in [0.2, 0.25) is 0 Å². The maximum Gasteiger partial charge on any atom is 0.410 e. The van der Waals surface area contributed by atoms with E-state index in [1.54, 1.807) is 4.90 Å². The van der Waals surface area contributed by atoms with E-state index < -0.39 is 11.4 Å². The van der Waals surface area contributed by atoms with Crippen molar-refractivity contribution in [2.24, 2.45) is 5.73 Å². The fourth-order valence-electron chi connectivity index (χ4n) is 3.33. The summed E-state index contributed by atoms with van der Waals surface area (Å²) < 4.78 is 25.6. The summed E-state index contributed by atoms with van der Waals surface area (Å²) >= 11 is 0. The number of piperazine rings is 1. The van der Waals surface area contributed by atoms with Crippen molar-refractivity contribution in [2.75, 3.05) is 37.7 Å². The number of benzene rings is 1. The Morgan fingerprint density at radius 1 is 1.37 bits per heavy atom. The SMILES string of the molecule is CC(C)(C)OC(=O)N1CCN(c2cc(F)c3c(c2C#N)OC[C@H](N)C3)CC1. The molecule has 3 rings (SSSR count). The van der Waals surface area contributed by atoms with Gasteiger partial charge in [-0.25, -0.2) is 9.18 Å². The number of anilines is 1. The molecule has 7 nitrogen and oxygen atoms in total. The first-order valence-corrected chi connectivity index (χ1v) is 9.06. The summed E-state index contributed by atoms with van der Waals surface area (Å²) in [5.74, 6) is -0.118. The fourth-order valence-corrected chi connectivity index (χ4v) is 3.33. The molecule has 0 radical (unpaired) electrons. The topological polar surface area (TPSA) is 91.8 Å². The van der Waals surface area contributed by atoms with Crippen molar-refractivity contribution in [3.05, 3.63) is 23.0 Å². The highest BCUT2D eigenvalue weighted by atomic mass is 19.1. The molecule has 2 heterocycles. The summed E-state index contributed by atoms with van der Waals surface area (Å²) in [7, 11) is 0. The van der Waals surface area contributed by atoms with Crippen LogP contribution in [0.1, 0.15) is 31.9 Å². The number of hydrogen-bond acceptors (Lipinski definition) is 6. The van der Waals surface area contributed by atoms with E-state index in [0.29, 0.717) is 55.2 Å². The molecule has 0 saturated carbocycles. The second kappa shape index (κ2) is 7.24. The van der Waals surface area contributed by atoms with Gasteiger partial charge in [0, 0.05) is 37.8 Å². The van der Waals surface area contributed by atoms with Crippen LogP contribution in [0.5, 0.6) is 5.75 Å². The normalized spacial score (nSPS) is 19.8. The Bertz CT molecular complexity index is 777. The number of hydrogen-bond donors (Lipinski definition) is 1. The van der Waals surface area contributed by atoms with Gasteiger partial charge in [-0.3, -0.25) is 0 Å². The Balaban J connectivity index is 1.78. The molecular formula is C19H25FN4O3. The third kappa shape index (κ3) is 4.08. The van der Waals surface area contributed by atoms with Crippen LogP contribution >= 0.6 is 0 Å². The van der Waals surface area contributed by atoms with Crippen LogP contribution in [0, 0.1) is 17.1 Å². The molecule has 1 fully saturated rings. The molecule has 1 amide bonds. The zero-order valence-corrected chi connectivity index (χ0v) is 15.9. The van der Waals surface area contributed by atoms with Crippen molar-refractivity contribution < 1.29 is 18.7 Å². The highest BCUT2D eigenvalue weighted by Gasteiger charge is 2.30. The van der Waals surface area contributed by atoms with E-state index in [-0.39, 0.29) is 18.7 Å². The van der Waals surface area contributed by atoms with Crippen molar-refractivity contribution in [3.63, 3.8) is 0 Å². The Morgan fingerprint density at radius 3 is 2.63 bits per heavy atom. The minimum absolute atomic E-state index is 0.261. The first-order valence-electron chi connectivity index (χ1n) is 9.06. The number of nitrogens with zero attached hydrogens (tertiary/aromatic N) is 3. The van der Waals surface area contributed by atoms with E-state index in [1.807, 2.05) is 25.7 Å². The lowest BCUT2D eigenvalue weighted by Gasteiger charge is -2.37. The van der Waals surface area contributed by atoms with E-state index in [9.17, 15) is 14.4 Å². The van der Waals surface area contributed by atoms with E-state index in [1.165, 1.54) is 6.07 Å². The number of rotatable bonds is 1. The molecule has 2 N–H and O–H groups in total. The number of nitrogens with two attached hydrogens (primary N) is 1. The molecule has 0 aromatic heterocycles. The number of ether oxygens (including phenoxy) is 2. The number of amides is 1. The van der Waals surface area contributed by atoms with E-state index >= 15 is 0 Å². The highest BCUT2D eigenvalue weighted by molar-refractivity contribution is 5.71. The molecule has 2 aliphatic rings. The average Bonchev–Trinajstić information content (AvgIpc) is 2.60. The van der Waals surface area contributed by atoms with E-state index in [2.05, 4.69) is 6.07 Å². The summed E-state index contributed by atoms with van der Waals surface area (Å²) in [6, 6.07) is 3.25. The standard InChI is InChI=1S/C19H25FN4O3/c1-19(2,3)27-18(25)24-6-4-23(5-7-24)16-9-15(20)13-8-12(22)11-26-17(13)14(16)10-21/h9,12H,4-8,11,22H2,1-3H3/t12-/m1/s1. The molecule has 146 valence electrons. The van der Waals surface area contributed by atoms with Crippen molar-refractivity contribution in [2.45, 2.75) is 38.8 Å². The average molecular weight is 376 g/mol. The number of fused-ring (bicyclic) bond motifs is 1. The lowest BCUT2D eigenvalue weighted by molar-refractivity contribution is 0.0240. The van der Waals surface area contributed by atoms with Gasteiger partial charge in [-0.05, 0) is 33.3 Å². The molecule has 1 atom stereocenters. The molecule has 1 aromatic carbocycles. The minimum Gasteiger partial charge on any atom is -0.490 e. The zero-order valence-electron chi connectivity index (χ0n) is 15.9. The van der Waals surface area contributed by atoms with Crippen LogP contribution in [0.4, 0.5) is 14.9 Å². The second-order valence-electron chi connectivity index (χ2n) is 7.90. The van der Waals surface area contributed by atoms with Gasteiger partial charge >= 0.3 is 6.09 Å². The molecule has 1 saturated heterocycles. The summed E-state index contributed by atoms with van der Waals surface area (Å²) in [6.07, 6.45) is -0.0145. The molecule has 2 aliphatic heterocycles. The third-order valence-electron chi connectivity index (χ3n) is 4.60. The lowest BCUT2D eigenvalue weighted by Crippen LogP contribution is -2.50.